The van der Waals surface area contributed by atoms with Gasteiger partial charge in [0.05, 0.1) is 11.1 Å². The summed E-state index contributed by atoms with van der Waals surface area (Å²) < 4.78 is 0. The Kier molecular flexibility index (Phi) is 4.94. The Morgan fingerprint density at radius 3 is 2.36 bits per heavy atom. The second-order valence-electron chi connectivity index (χ2n) is 6.53. The number of hydrogen-bond acceptors (Lipinski definition) is 6. The molecule has 0 aliphatic carbocycles. The molecule has 2 aromatic rings. The van der Waals surface area contributed by atoms with Gasteiger partial charge in [-0.25, -0.2) is 0 Å². The summed E-state index contributed by atoms with van der Waals surface area (Å²) in [5, 5.41) is 13.0. The van der Waals surface area contributed by atoms with Crippen LogP contribution in [0.5, 0.6) is 0 Å². The fourth-order valence-corrected chi connectivity index (χ4v) is 5.60. The van der Waals surface area contributed by atoms with Gasteiger partial charge in [0, 0.05) is 17.5 Å². The van der Waals surface area contributed by atoms with Crippen LogP contribution in [0.25, 0.3) is 0 Å². The second kappa shape index (κ2) is 7.40. The number of hydrogen-bond donors (Lipinski definition) is 1. The van der Waals surface area contributed by atoms with Crippen molar-refractivity contribution in [3.05, 3.63) is 57.8 Å². The van der Waals surface area contributed by atoms with Gasteiger partial charge in [0.15, 0.2) is 0 Å². The average Bonchev–Trinajstić information content (AvgIpc) is 3.25. The summed E-state index contributed by atoms with van der Waals surface area (Å²) in [7, 11) is 0. The van der Waals surface area contributed by atoms with Crippen LogP contribution in [0.15, 0.2) is 41.1 Å². The first-order valence-corrected chi connectivity index (χ1v) is 10.6. The number of carbonyl (C=O) groups excluding carboxylic acids is 3. The molecule has 0 bridgehead atoms. The van der Waals surface area contributed by atoms with Gasteiger partial charge in [0.1, 0.15) is 12.6 Å². The first-order chi connectivity index (χ1) is 13.5. The zero-order valence-electron chi connectivity index (χ0n) is 14.6. The Balaban J connectivity index is 1.67. The lowest BCUT2D eigenvalue weighted by molar-refractivity contribution is -0.145. The molecule has 0 spiro atoms. The monoisotopic (exact) mass is 416 g/mol. The highest BCUT2D eigenvalue weighted by Crippen LogP contribution is 2.37. The van der Waals surface area contributed by atoms with Crippen molar-refractivity contribution in [1.29, 1.82) is 0 Å². The van der Waals surface area contributed by atoms with Crippen molar-refractivity contribution in [3.8, 4) is 0 Å². The number of thiophene rings is 1. The number of aliphatic carboxylic acids is 1. The molecular formula is C19H16N2O5S2. The number of imide groups is 1. The topological polar surface area (TPSA) is 95.0 Å². The van der Waals surface area contributed by atoms with Crippen molar-refractivity contribution in [3.63, 3.8) is 0 Å². The fourth-order valence-electron chi connectivity index (χ4n) is 3.47. The zero-order valence-corrected chi connectivity index (χ0v) is 16.2. The lowest BCUT2D eigenvalue weighted by Crippen LogP contribution is -2.52. The van der Waals surface area contributed by atoms with E-state index in [1.807, 2.05) is 16.8 Å². The summed E-state index contributed by atoms with van der Waals surface area (Å²) in [6.45, 7) is -0.258. The number of fused-ring (bicyclic) bond motifs is 1. The molecule has 2 unspecified atom stereocenters. The van der Waals surface area contributed by atoms with Crippen molar-refractivity contribution in [2.75, 3.05) is 18.8 Å². The maximum Gasteiger partial charge on any atom is 0.323 e. The number of carboxylic acid groups (broad SMARTS) is 1. The molecule has 1 aromatic carbocycles. The van der Waals surface area contributed by atoms with Crippen LogP contribution < -0.4 is 0 Å². The maximum absolute atomic E-state index is 13.1. The molecule has 0 radical (unpaired) electrons. The van der Waals surface area contributed by atoms with Gasteiger partial charge in [-0.05, 0) is 34.5 Å². The summed E-state index contributed by atoms with van der Waals surface area (Å²) in [6.07, 6.45) is 0. The van der Waals surface area contributed by atoms with Gasteiger partial charge in [-0.15, -0.1) is 11.8 Å². The van der Waals surface area contributed by atoms with Crippen molar-refractivity contribution in [1.82, 2.24) is 9.80 Å². The van der Waals surface area contributed by atoms with Crippen molar-refractivity contribution in [2.45, 2.75) is 11.3 Å². The molecule has 2 aliphatic rings. The third-order valence-corrected chi connectivity index (χ3v) is 6.85. The third-order valence-electron chi connectivity index (χ3n) is 4.82. The van der Waals surface area contributed by atoms with Crippen molar-refractivity contribution >= 4 is 46.8 Å². The first-order valence-electron chi connectivity index (χ1n) is 8.58. The number of thioether (sulfide) groups is 1. The minimum Gasteiger partial charge on any atom is -0.480 e. The highest BCUT2D eigenvalue weighted by molar-refractivity contribution is 7.99. The standard InChI is InChI=1S/C19H16N2O5S2/c22-16(23)8-20-7-15(11-5-6-27-9-11)28-10-14(19(20)26)21-17(24)12-3-1-2-4-13(12)18(21)25/h1-6,9,14-15H,7-8,10H2,(H,22,23). The summed E-state index contributed by atoms with van der Waals surface area (Å²) in [6, 6.07) is 7.37. The highest BCUT2D eigenvalue weighted by Gasteiger charge is 2.45. The third kappa shape index (κ3) is 3.20. The molecule has 1 aromatic heterocycles. The Labute approximate surface area is 168 Å². The summed E-state index contributed by atoms with van der Waals surface area (Å²) in [5.74, 6) is -2.44. The molecule has 3 heterocycles. The van der Waals surface area contributed by atoms with E-state index in [1.54, 1.807) is 24.3 Å². The summed E-state index contributed by atoms with van der Waals surface area (Å²) in [5.41, 5.74) is 1.55. The van der Waals surface area contributed by atoms with Crippen molar-refractivity contribution < 1.29 is 24.3 Å². The van der Waals surface area contributed by atoms with Crippen LogP contribution in [-0.4, -0.2) is 63.5 Å². The van der Waals surface area contributed by atoms with Gasteiger partial charge in [-0.2, -0.15) is 11.3 Å². The largest absolute Gasteiger partial charge is 0.480 e. The SMILES string of the molecule is O=C(O)CN1CC(c2ccsc2)SCC(N2C(=O)c3ccccc3C2=O)C1=O. The number of amides is 3. The van der Waals surface area contributed by atoms with E-state index < -0.39 is 36.3 Å². The van der Waals surface area contributed by atoms with Gasteiger partial charge in [0.2, 0.25) is 5.91 Å². The summed E-state index contributed by atoms with van der Waals surface area (Å²) in [4.78, 5) is 52.3. The van der Waals surface area contributed by atoms with Crippen molar-refractivity contribution in [2.24, 2.45) is 0 Å². The number of nitrogens with zero attached hydrogens (tertiary/aromatic N) is 2. The minimum atomic E-state index is -1.13. The molecule has 2 atom stereocenters. The van der Waals surface area contributed by atoms with Crippen LogP contribution in [-0.2, 0) is 9.59 Å². The smallest absolute Gasteiger partial charge is 0.323 e. The molecule has 0 saturated carbocycles. The Bertz CT molecular complexity index is 924. The molecule has 1 N–H and O–H groups in total. The number of carbonyl (C=O) groups is 4. The van der Waals surface area contributed by atoms with E-state index in [9.17, 15) is 24.3 Å². The van der Waals surface area contributed by atoms with Gasteiger partial charge in [-0.3, -0.25) is 24.1 Å². The predicted molar refractivity (Wildman–Crippen MR) is 104 cm³/mol. The van der Waals surface area contributed by atoms with E-state index in [0.717, 1.165) is 10.5 Å². The van der Waals surface area contributed by atoms with Crippen LogP contribution in [0.3, 0.4) is 0 Å². The zero-order chi connectivity index (χ0) is 19.8. The Morgan fingerprint density at radius 1 is 1.11 bits per heavy atom. The molecule has 9 heteroatoms. The van der Waals surface area contributed by atoms with E-state index in [4.69, 9.17) is 0 Å². The molecule has 2 aliphatic heterocycles. The highest BCUT2D eigenvalue weighted by atomic mass is 32.2. The average molecular weight is 416 g/mol. The molecule has 7 nitrogen and oxygen atoms in total. The van der Waals surface area contributed by atoms with Gasteiger partial charge < -0.3 is 10.0 Å². The summed E-state index contributed by atoms with van der Waals surface area (Å²) >= 11 is 2.98. The van der Waals surface area contributed by atoms with E-state index in [2.05, 4.69) is 0 Å². The second-order valence-corrected chi connectivity index (χ2v) is 8.55. The van der Waals surface area contributed by atoms with Gasteiger partial charge >= 0.3 is 5.97 Å². The Morgan fingerprint density at radius 2 is 1.79 bits per heavy atom. The quantitative estimate of drug-likeness (QED) is 0.767. The van der Waals surface area contributed by atoms with Crippen LogP contribution in [0.2, 0.25) is 0 Å². The maximum atomic E-state index is 13.1. The molecule has 144 valence electrons. The van der Waals surface area contributed by atoms with Gasteiger partial charge in [0.25, 0.3) is 11.8 Å². The number of benzene rings is 1. The number of carboxylic acids is 1. The minimum absolute atomic E-state index is 0.116. The van der Waals surface area contributed by atoms with E-state index >= 15 is 0 Å². The fraction of sp³-hybridized carbons (Fsp3) is 0.263. The molecule has 4 rings (SSSR count). The number of rotatable bonds is 4. The van der Waals surface area contributed by atoms with E-state index in [-0.39, 0.29) is 28.7 Å². The molecule has 28 heavy (non-hydrogen) atoms. The van der Waals surface area contributed by atoms with E-state index in [0.29, 0.717) is 0 Å². The van der Waals surface area contributed by atoms with Crippen LogP contribution >= 0.6 is 23.1 Å². The lowest BCUT2D eigenvalue weighted by atomic mass is 10.1. The molecule has 1 saturated heterocycles. The molecule has 3 amide bonds. The van der Waals surface area contributed by atoms with Gasteiger partial charge in [-0.1, -0.05) is 12.1 Å². The van der Waals surface area contributed by atoms with Crippen LogP contribution in [0.1, 0.15) is 31.5 Å². The Hall–Kier alpha value is -2.65. The van der Waals surface area contributed by atoms with Crippen LogP contribution in [0, 0.1) is 0 Å². The molecular weight excluding hydrogens is 400 g/mol. The predicted octanol–water partition coefficient (Wildman–Crippen LogP) is 2.11. The molecule has 1 fully saturated rings. The normalized spacial score (nSPS) is 22.4. The first kappa shape index (κ1) is 18.7. The lowest BCUT2D eigenvalue weighted by Gasteiger charge is -2.27. The van der Waals surface area contributed by atoms with E-state index in [1.165, 1.54) is 28.0 Å². The van der Waals surface area contributed by atoms with Crippen LogP contribution in [0.4, 0.5) is 0 Å².